The molecule has 19 heavy (non-hydrogen) atoms. The van der Waals surface area contributed by atoms with Crippen molar-refractivity contribution in [2.75, 3.05) is 6.54 Å². The molecule has 0 radical (unpaired) electrons. The number of nitrogens with zero attached hydrogens (tertiary/aromatic N) is 2. The molecule has 0 spiro atoms. The van der Waals surface area contributed by atoms with E-state index in [1.807, 2.05) is 11.3 Å². The zero-order chi connectivity index (χ0) is 12.8. The number of hydrogen-bond donors (Lipinski definition) is 1. The molecule has 4 bridgehead atoms. The minimum atomic E-state index is 0.747. The molecule has 4 heteroatoms. The molecule has 1 aromatic rings. The van der Waals surface area contributed by atoms with E-state index in [-0.39, 0.29) is 0 Å². The van der Waals surface area contributed by atoms with Crippen molar-refractivity contribution < 1.29 is 0 Å². The van der Waals surface area contributed by atoms with Crippen LogP contribution in [0.4, 0.5) is 0 Å². The molecule has 4 saturated carbocycles. The molecule has 0 saturated heterocycles. The molecule has 0 aliphatic heterocycles. The lowest BCUT2D eigenvalue weighted by Crippen LogP contribution is -2.43. The third-order valence-corrected chi connectivity index (χ3v) is 6.67. The Kier molecular flexibility index (Phi) is 3.11. The Morgan fingerprint density at radius 1 is 1.00 bits per heavy atom. The van der Waals surface area contributed by atoms with Gasteiger partial charge in [-0.3, -0.25) is 0 Å². The highest BCUT2D eigenvalue weighted by Crippen LogP contribution is 2.59. The van der Waals surface area contributed by atoms with E-state index in [2.05, 4.69) is 10.2 Å². The average molecular weight is 277 g/mol. The van der Waals surface area contributed by atoms with Crippen LogP contribution in [0.1, 0.15) is 54.5 Å². The second kappa shape index (κ2) is 4.81. The number of hydrogen-bond acceptors (Lipinski definition) is 4. The molecule has 1 aromatic heterocycles. The van der Waals surface area contributed by atoms with Gasteiger partial charge in [0.15, 0.2) is 0 Å². The third kappa shape index (κ3) is 2.13. The van der Waals surface area contributed by atoms with Gasteiger partial charge in [0, 0.05) is 12.3 Å². The summed E-state index contributed by atoms with van der Waals surface area (Å²) in [4.78, 5) is 0. The largest absolute Gasteiger partial charge is 0.330 e. The summed E-state index contributed by atoms with van der Waals surface area (Å²) < 4.78 is 0. The summed E-state index contributed by atoms with van der Waals surface area (Å²) in [5.41, 5.74) is 5.58. The van der Waals surface area contributed by atoms with Crippen LogP contribution < -0.4 is 5.73 Å². The van der Waals surface area contributed by atoms with Crippen LogP contribution in [0, 0.1) is 23.7 Å². The second-order valence-corrected chi connectivity index (χ2v) is 7.98. The molecule has 0 unspecified atom stereocenters. The maximum absolute atomic E-state index is 5.58. The van der Waals surface area contributed by atoms with Crippen molar-refractivity contribution in [3.05, 3.63) is 10.0 Å². The highest BCUT2D eigenvalue weighted by Gasteiger charge is 2.49. The van der Waals surface area contributed by atoms with Crippen LogP contribution in [0.25, 0.3) is 0 Å². The fourth-order valence-electron chi connectivity index (χ4n) is 5.08. The standard InChI is InChI=1S/C15H23N3S/c16-3-1-2-13-17-18-15(19-13)14-11-5-9-4-10(7-11)8-12(14)6-9/h9-12,14H,1-8,16H2. The maximum Gasteiger partial charge on any atom is 0.121 e. The molecule has 0 aromatic carbocycles. The summed E-state index contributed by atoms with van der Waals surface area (Å²) in [6.45, 7) is 0.757. The monoisotopic (exact) mass is 277 g/mol. The van der Waals surface area contributed by atoms with Crippen LogP contribution in [0.2, 0.25) is 0 Å². The van der Waals surface area contributed by atoms with Gasteiger partial charge < -0.3 is 5.73 Å². The maximum atomic E-state index is 5.58. The first-order valence-electron chi connectivity index (χ1n) is 7.86. The van der Waals surface area contributed by atoms with Gasteiger partial charge in [-0.25, -0.2) is 0 Å². The van der Waals surface area contributed by atoms with E-state index in [1.54, 1.807) is 0 Å². The molecule has 104 valence electrons. The van der Waals surface area contributed by atoms with E-state index < -0.39 is 0 Å². The fourth-order valence-corrected chi connectivity index (χ4v) is 6.26. The van der Waals surface area contributed by atoms with Gasteiger partial charge in [-0.1, -0.05) is 0 Å². The normalized spacial score (nSPS) is 39.9. The lowest BCUT2D eigenvalue weighted by molar-refractivity contribution is -0.00303. The molecule has 0 amide bonds. The van der Waals surface area contributed by atoms with Gasteiger partial charge in [0.05, 0.1) is 0 Å². The lowest BCUT2D eigenvalue weighted by atomic mass is 9.52. The van der Waals surface area contributed by atoms with Crippen molar-refractivity contribution >= 4 is 11.3 Å². The van der Waals surface area contributed by atoms with Crippen molar-refractivity contribution in [2.24, 2.45) is 29.4 Å². The van der Waals surface area contributed by atoms with E-state index in [0.29, 0.717) is 0 Å². The first-order valence-corrected chi connectivity index (χ1v) is 8.67. The second-order valence-electron chi connectivity index (χ2n) is 6.88. The lowest BCUT2D eigenvalue weighted by Gasteiger charge is -2.53. The molecule has 1 heterocycles. The Morgan fingerprint density at radius 2 is 1.68 bits per heavy atom. The smallest absolute Gasteiger partial charge is 0.121 e. The van der Waals surface area contributed by atoms with Crippen molar-refractivity contribution in [1.82, 2.24) is 10.2 Å². The van der Waals surface area contributed by atoms with Crippen LogP contribution in [0.5, 0.6) is 0 Å². The highest BCUT2D eigenvalue weighted by molar-refractivity contribution is 7.11. The fraction of sp³-hybridized carbons (Fsp3) is 0.867. The summed E-state index contributed by atoms with van der Waals surface area (Å²) in [7, 11) is 0. The molecule has 3 nitrogen and oxygen atoms in total. The third-order valence-electron chi connectivity index (χ3n) is 5.59. The van der Waals surface area contributed by atoms with Crippen molar-refractivity contribution in [2.45, 2.75) is 50.9 Å². The number of nitrogens with two attached hydrogens (primary N) is 1. The average Bonchev–Trinajstić information content (AvgIpc) is 2.83. The first-order chi connectivity index (χ1) is 9.33. The molecule has 4 aliphatic rings. The predicted octanol–water partition coefficient (Wildman–Crippen LogP) is 2.97. The molecule has 5 rings (SSSR count). The van der Waals surface area contributed by atoms with Gasteiger partial charge in [0.25, 0.3) is 0 Å². The number of rotatable bonds is 4. The predicted molar refractivity (Wildman–Crippen MR) is 77.1 cm³/mol. The first kappa shape index (κ1) is 12.3. The van der Waals surface area contributed by atoms with E-state index in [0.717, 1.165) is 49.0 Å². The molecular formula is C15H23N3S. The van der Waals surface area contributed by atoms with Gasteiger partial charge in [0.1, 0.15) is 10.0 Å². The van der Waals surface area contributed by atoms with Gasteiger partial charge in [0.2, 0.25) is 0 Å². The SMILES string of the molecule is NCCCc1nnc(C2C3CC4CC(C3)CC2C4)s1. The Morgan fingerprint density at radius 3 is 2.32 bits per heavy atom. The Bertz CT molecular complexity index is 428. The zero-order valence-corrected chi connectivity index (χ0v) is 12.2. The topological polar surface area (TPSA) is 51.8 Å². The van der Waals surface area contributed by atoms with Gasteiger partial charge >= 0.3 is 0 Å². The summed E-state index contributed by atoms with van der Waals surface area (Å²) >= 11 is 1.87. The van der Waals surface area contributed by atoms with Crippen LogP contribution in [-0.2, 0) is 6.42 Å². The Labute approximate surface area is 119 Å². The number of aromatic nitrogens is 2. The molecule has 4 aliphatic carbocycles. The Balaban J connectivity index is 1.54. The minimum absolute atomic E-state index is 0.747. The van der Waals surface area contributed by atoms with E-state index in [9.17, 15) is 0 Å². The molecular weight excluding hydrogens is 254 g/mol. The van der Waals surface area contributed by atoms with Crippen LogP contribution in [0.3, 0.4) is 0 Å². The van der Waals surface area contributed by atoms with E-state index >= 15 is 0 Å². The van der Waals surface area contributed by atoms with Crippen LogP contribution in [0.15, 0.2) is 0 Å². The number of aryl methyl sites for hydroxylation is 1. The molecule has 0 atom stereocenters. The minimum Gasteiger partial charge on any atom is -0.330 e. The van der Waals surface area contributed by atoms with Gasteiger partial charge in [-0.15, -0.1) is 21.5 Å². The summed E-state index contributed by atoms with van der Waals surface area (Å²) in [6, 6.07) is 0. The van der Waals surface area contributed by atoms with E-state index in [1.165, 1.54) is 42.1 Å². The van der Waals surface area contributed by atoms with Crippen LogP contribution >= 0.6 is 11.3 Å². The van der Waals surface area contributed by atoms with Gasteiger partial charge in [-0.05, 0) is 68.7 Å². The molecule has 2 N–H and O–H groups in total. The van der Waals surface area contributed by atoms with Crippen molar-refractivity contribution in [1.29, 1.82) is 0 Å². The van der Waals surface area contributed by atoms with Gasteiger partial charge in [-0.2, -0.15) is 0 Å². The Hall–Kier alpha value is -0.480. The molecule has 4 fully saturated rings. The summed E-state index contributed by atoms with van der Waals surface area (Å²) in [5.74, 6) is 4.68. The highest BCUT2D eigenvalue weighted by atomic mass is 32.1. The summed E-state index contributed by atoms with van der Waals surface area (Å²) in [5, 5.41) is 11.5. The van der Waals surface area contributed by atoms with E-state index in [4.69, 9.17) is 5.73 Å². The van der Waals surface area contributed by atoms with Crippen LogP contribution in [-0.4, -0.2) is 16.7 Å². The van der Waals surface area contributed by atoms with Crippen molar-refractivity contribution in [3.63, 3.8) is 0 Å². The van der Waals surface area contributed by atoms with Crippen molar-refractivity contribution in [3.8, 4) is 0 Å². The quantitative estimate of drug-likeness (QED) is 0.920. The zero-order valence-electron chi connectivity index (χ0n) is 11.4. The summed E-state index contributed by atoms with van der Waals surface area (Å²) in [6.07, 6.45) is 9.45.